The topological polar surface area (TPSA) is 66.9 Å². The fraction of sp³-hybridized carbons (Fsp3) is 0. The number of benzene rings is 1. The Labute approximate surface area is 60.9 Å². The van der Waals surface area contributed by atoms with Gasteiger partial charge in [-0.2, -0.15) is 10.6 Å². The lowest BCUT2D eigenvalue weighted by Crippen LogP contribution is -1.83. The molecule has 0 saturated heterocycles. The molecule has 1 aromatic rings. The molecule has 4 heteroatoms. The summed E-state index contributed by atoms with van der Waals surface area (Å²) in [5.74, 6) is 0. The van der Waals surface area contributed by atoms with E-state index in [1.54, 1.807) is 24.3 Å². The number of hydrogen-bond acceptors (Lipinski definition) is 4. The largest absolute Gasteiger partial charge is 0.440 e. The molecule has 0 unspecified atom stereocenters. The summed E-state index contributed by atoms with van der Waals surface area (Å²) < 4.78 is 17.3. The van der Waals surface area contributed by atoms with Crippen LogP contribution < -0.4 is 5.73 Å². The van der Waals surface area contributed by atoms with Crippen LogP contribution in [-0.4, -0.2) is 0 Å². The number of rotatable bonds is 1. The Balaban J connectivity index is 3.12. The van der Waals surface area contributed by atoms with Gasteiger partial charge in [-0.05, 0) is 12.1 Å². The van der Waals surface area contributed by atoms with Gasteiger partial charge in [0, 0.05) is 5.69 Å². The minimum Gasteiger partial charge on any atom is -0.440 e. The minimum absolute atomic E-state index is 0.481. The molecule has 3 nitrogen and oxygen atoms in total. The first kappa shape index (κ1) is 7.08. The molecule has 0 aliphatic carbocycles. The normalized spacial score (nSPS) is 10.1. The van der Waals surface area contributed by atoms with Crippen LogP contribution in [0.25, 0.3) is 0 Å². The third-order valence-corrected chi connectivity index (χ3v) is 1.79. The van der Waals surface area contributed by atoms with Crippen LogP contribution in [0.2, 0.25) is 0 Å². The molecule has 0 atom stereocenters. The summed E-state index contributed by atoms with van der Waals surface area (Å²) in [4.78, 5) is 0.481. The van der Waals surface area contributed by atoms with Crippen molar-refractivity contribution in [1.29, 1.82) is 4.78 Å². The van der Waals surface area contributed by atoms with E-state index in [2.05, 4.69) is 0 Å². The van der Waals surface area contributed by atoms with Crippen LogP contribution in [0, 0.1) is 4.78 Å². The highest BCUT2D eigenvalue weighted by molar-refractivity contribution is 7.73. The standard InChI is InChI=1S/C6H7N2OS/c7-5-1-3-6(4-2-5)10(8)9/h1-4,8H,7H2/q-1. The van der Waals surface area contributed by atoms with Crippen molar-refractivity contribution < 1.29 is 4.21 Å². The molecule has 0 aliphatic heterocycles. The van der Waals surface area contributed by atoms with Crippen molar-refractivity contribution in [3.05, 3.63) is 24.3 Å². The average molecular weight is 155 g/mol. The molecule has 0 radical (unpaired) electrons. The summed E-state index contributed by atoms with van der Waals surface area (Å²) in [5, 5.41) is 0. The Morgan fingerprint density at radius 3 is 2.20 bits per heavy atom. The molecule has 0 saturated carbocycles. The Kier molecular flexibility index (Phi) is 1.91. The summed E-state index contributed by atoms with van der Waals surface area (Å²) in [7, 11) is -1.64. The van der Waals surface area contributed by atoms with E-state index in [9.17, 15) is 4.21 Å². The third kappa shape index (κ3) is 1.48. The lowest BCUT2D eigenvalue weighted by Gasteiger charge is -2.00. The molecule has 0 bridgehead atoms. The van der Waals surface area contributed by atoms with Crippen molar-refractivity contribution in [2.24, 2.45) is 0 Å². The van der Waals surface area contributed by atoms with Gasteiger partial charge in [0.25, 0.3) is 0 Å². The number of nitrogens with one attached hydrogen (secondary N) is 1. The molecule has 54 valence electrons. The summed E-state index contributed by atoms with van der Waals surface area (Å²) in [5.41, 5.74) is 5.99. The monoisotopic (exact) mass is 155 g/mol. The van der Waals surface area contributed by atoms with Gasteiger partial charge in [0.15, 0.2) is 0 Å². The second-order valence-corrected chi connectivity index (χ2v) is 2.85. The van der Waals surface area contributed by atoms with Gasteiger partial charge in [0.1, 0.15) is 0 Å². The molecule has 0 amide bonds. The smallest absolute Gasteiger partial charge is 0.0312 e. The van der Waals surface area contributed by atoms with Gasteiger partial charge < -0.3 is 14.7 Å². The maximum Gasteiger partial charge on any atom is 0.0312 e. The first-order chi connectivity index (χ1) is 4.70. The maximum absolute atomic E-state index is 10.5. The van der Waals surface area contributed by atoms with Gasteiger partial charge in [-0.15, -0.1) is 0 Å². The van der Waals surface area contributed by atoms with Gasteiger partial charge in [0.2, 0.25) is 0 Å². The highest BCUT2D eigenvalue weighted by Gasteiger charge is 1.81. The first-order valence-corrected chi connectivity index (χ1v) is 3.83. The van der Waals surface area contributed by atoms with Gasteiger partial charge in [-0.1, -0.05) is 17.0 Å². The maximum atomic E-state index is 10.5. The molecule has 0 aromatic heterocycles. The number of nitrogen functional groups attached to an aromatic ring is 1. The van der Waals surface area contributed by atoms with Gasteiger partial charge in [-0.3, -0.25) is 0 Å². The van der Waals surface area contributed by atoms with Gasteiger partial charge in [-0.25, -0.2) is 0 Å². The van der Waals surface area contributed by atoms with E-state index in [1.807, 2.05) is 0 Å². The second kappa shape index (κ2) is 2.70. The summed E-state index contributed by atoms with van der Waals surface area (Å²) in [6, 6.07) is 6.42. The highest BCUT2D eigenvalue weighted by Crippen LogP contribution is 2.05. The van der Waals surface area contributed by atoms with Crippen molar-refractivity contribution >= 4 is 16.3 Å². The van der Waals surface area contributed by atoms with Crippen LogP contribution in [-0.2, 0) is 14.8 Å². The Morgan fingerprint density at radius 1 is 1.30 bits per heavy atom. The minimum atomic E-state index is -1.64. The molecule has 3 N–H and O–H groups in total. The fourth-order valence-electron chi connectivity index (χ4n) is 0.591. The fourth-order valence-corrected chi connectivity index (χ4v) is 0.975. The highest BCUT2D eigenvalue weighted by atomic mass is 32.2. The molecule has 10 heavy (non-hydrogen) atoms. The van der Waals surface area contributed by atoms with Crippen LogP contribution in [0.15, 0.2) is 29.2 Å². The molecule has 1 rings (SSSR count). The quantitative estimate of drug-likeness (QED) is 0.475. The number of nitrogens with two attached hydrogens (primary N) is 1. The van der Waals surface area contributed by atoms with Crippen LogP contribution >= 0.6 is 0 Å². The van der Waals surface area contributed by atoms with Gasteiger partial charge >= 0.3 is 0 Å². The van der Waals surface area contributed by atoms with Crippen molar-refractivity contribution in [2.45, 2.75) is 4.90 Å². The lowest BCUT2D eigenvalue weighted by molar-refractivity contribution is 0.599. The molecule has 0 aliphatic rings. The van der Waals surface area contributed by atoms with Crippen molar-refractivity contribution in [2.75, 3.05) is 5.73 Å². The third-order valence-electron chi connectivity index (χ3n) is 1.09. The average Bonchev–Trinajstić information content (AvgIpc) is 1.88. The van der Waals surface area contributed by atoms with Crippen LogP contribution in [0.3, 0.4) is 0 Å². The number of hydrogen-bond donors (Lipinski definition) is 2. The van der Waals surface area contributed by atoms with E-state index in [4.69, 9.17) is 10.5 Å². The predicted molar refractivity (Wildman–Crippen MR) is 39.9 cm³/mol. The first-order valence-electron chi connectivity index (χ1n) is 2.68. The number of anilines is 1. The molecule has 0 fully saturated rings. The predicted octanol–water partition coefficient (Wildman–Crippen LogP) is 1.35. The second-order valence-electron chi connectivity index (χ2n) is 1.84. The Bertz CT molecular complexity index is 281. The van der Waals surface area contributed by atoms with Crippen molar-refractivity contribution in [3.8, 4) is 0 Å². The van der Waals surface area contributed by atoms with Crippen LogP contribution in [0.5, 0.6) is 0 Å². The molecular formula is C6H7N2OS-. The van der Waals surface area contributed by atoms with E-state index >= 15 is 0 Å². The molecule has 1 aromatic carbocycles. The summed E-state index contributed by atoms with van der Waals surface area (Å²) in [6.45, 7) is 0. The molecule has 0 spiro atoms. The zero-order valence-corrected chi connectivity index (χ0v) is 6.02. The summed E-state index contributed by atoms with van der Waals surface area (Å²) >= 11 is 0. The molecule has 0 heterocycles. The van der Waals surface area contributed by atoms with Crippen molar-refractivity contribution in [3.63, 3.8) is 0 Å². The SMILES string of the molecule is N=[S-](=O)c1ccc(N)cc1. The van der Waals surface area contributed by atoms with Crippen LogP contribution in [0.4, 0.5) is 5.69 Å². The van der Waals surface area contributed by atoms with Crippen molar-refractivity contribution in [1.82, 2.24) is 0 Å². The summed E-state index contributed by atoms with van der Waals surface area (Å²) in [6.07, 6.45) is 0. The zero-order chi connectivity index (χ0) is 7.56. The van der Waals surface area contributed by atoms with E-state index in [-0.39, 0.29) is 0 Å². The van der Waals surface area contributed by atoms with E-state index in [0.717, 1.165) is 0 Å². The van der Waals surface area contributed by atoms with E-state index in [1.165, 1.54) is 0 Å². The van der Waals surface area contributed by atoms with Crippen LogP contribution in [0.1, 0.15) is 0 Å². The van der Waals surface area contributed by atoms with E-state index in [0.29, 0.717) is 10.6 Å². The van der Waals surface area contributed by atoms with E-state index < -0.39 is 10.6 Å². The Morgan fingerprint density at radius 2 is 1.80 bits per heavy atom. The lowest BCUT2D eigenvalue weighted by atomic mass is 10.3. The Hall–Kier alpha value is -1.03. The molecular weight excluding hydrogens is 148 g/mol. The zero-order valence-electron chi connectivity index (χ0n) is 5.20. The van der Waals surface area contributed by atoms with Gasteiger partial charge in [0.05, 0.1) is 0 Å².